The highest BCUT2D eigenvalue weighted by molar-refractivity contribution is 5.85. The first kappa shape index (κ1) is 14.8. The average molecular weight is 308 g/mol. The van der Waals surface area contributed by atoms with E-state index in [0.717, 1.165) is 23.4 Å². The number of carboxylic acids is 1. The van der Waals surface area contributed by atoms with Crippen LogP contribution in [0.2, 0.25) is 0 Å². The number of carbonyl (C=O) groups is 1. The first-order valence-electron chi connectivity index (χ1n) is 7.26. The number of aromatic nitrogens is 3. The van der Waals surface area contributed by atoms with Crippen molar-refractivity contribution in [2.75, 3.05) is 5.32 Å². The van der Waals surface area contributed by atoms with E-state index in [1.165, 1.54) is 12.5 Å². The van der Waals surface area contributed by atoms with Gasteiger partial charge in [0, 0.05) is 24.1 Å². The standard InChI is InChI=1S/C17H16N4O2/c1-2-12-9-18-16(20-13-6-4-3-5-7-13)8-15(12)21-10-14(17(22)23)19-11-21/h3-11H,2H2,1H3,(H,18,20)(H,22,23). The van der Waals surface area contributed by atoms with Gasteiger partial charge in [-0.25, -0.2) is 14.8 Å². The fourth-order valence-corrected chi connectivity index (χ4v) is 2.29. The molecule has 0 fully saturated rings. The molecule has 6 nitrogen and oxygen atoms in total. The summed E-state index contributed by atoms with van der Waals surface area (Å²) in [5, 5.41) is 12.3. The third-order valence-electron chi connectivity index (χ3n) is 3.47. The van der Waals surface area contributed by atoms with Crippen molar-refractivity contribution in [2.24, 2.45) is 0 Å². The third kappa shape index (κ3) is 3.21. The zero-order chi connectivity index (χ0) is 16.2. The van der Waals surface area contributed by atoms with Crippen molar-refractivity contribution >= 4 is 17.5 Å². The molecule has 3 rings (SSSR count). The van der Waals surface area contributed by atoms with E-state index in [9.17, 15) is 4.79 Å². The number of nitrogens with zero attached hydrogens (tertiary/aromatic N) is 3. The Labute approximate surface area is 133 Å². The van der Waals surface area contributed by atoms with Crippen LogP contribution in [0.4, 0.5) is 11.5 Å². The summed E-state index contributed by atoms with van der Waals surface area (Å²) in [6, 6.07) is 11.6. The molecule has 1 aromatic carbocycles. The van der Waals surface area contributed by atoms with E-state index in [2.05, 4.69) is 15.3 Å². The maximum Gasteiger partial charge on any atom is 0.356 e. The smallest absolute Gasteiger partial charge is 0.356 e. The van der Waals surface area contributed by atoms with Crippen LogP contribution in [-0.2, 0) is 6.42 Å². The van der Waals surface area contributed by atoms with Crippen molar-refractivity contribution in [1.82, 2.24) is 14.5 Å². The maximum atomic E-state index is 11.0. The molecule has 2 aromatic heterocycles. The van der Waals surface area contributed by atoms with Crippen molar-refractivity contribution < 1.29 is 9.90 Å². The Morgan fingerprint density at radius 2 is 2.04 bits per heavy atom. The van der Waals surface area contributed by atoms with E-state index >= 15 is 0 Å². The van der Waals surface area contributed by atoms with Gasteiger partial charge in [-0.2, -0.15) is 0 Å². The number of hydrogen-bond acceptors (Lipinski definition) is 4. The van der Waals surface area contributed by atoms with Crippen LogP contribution < -0.4 is 5.32 Å². The first-order valence-corrected chi connectivity index (χ1v) is 7.26. The van der Waals surface area contributed by atoms with Gasteiger partial charge in [-0.05, 0) is 24.1 Å². The molecular formula is C17H16N4O2. The van der Waals surface area contributed by atoms with Gasteiger partial charge >= 0.3 is 5.97 Å². The molecule has 6 heteroatoms. The minimum absolute atomic E-state index is 0.0152. The molecule has 0 amide bonds. The summed E-state index contributed by atoms with van der Waals surface area (Å²) in [5.74, 6) is -0.354. The van der Waals surface area contributed by atoms with Gasteiger partial charge in [-0.15, -0.1) is 0 Å². The normalized spacial score (nSPS) is 10.5. The third-order valence-corrected chi connectivity index (χ3v) is 3.47. The molecule has 0 unspecified atom stereocenters. The lowest BCUT2D eigenvalue weighted by Crippen LogP contribution is -2.02. The number of nitrogens with one attached hydrogen (secondary N) is 1. The summed E-state index contributed by atoms with van der Waals surface area (Å²) in [6.07, 6.45) is 5.59. The second kappa shape index (κ2) is 6.31. The number of hydrogen-bond donors (Lipinski definition) is 2. The molecule has 0 aliphatic carbocycles. The molecule has 0 saturated heterocycles. The van der Waals surface area contributed by atoms with E-state index in [0.29, 0.717) is 5.82 Å². The van der Waals surface area contributed by atoms with E-state index in [1.807, 2.05) is 43.3 Å². The van der Waals surface area contributed by atoms with Gasteiger partial charge in [-0.1, -0.05) is 25.1 Å². The van der Waals surface area contributed by atoms with Crippen LogP contribution in [0.3, 0.4) is 0 Å². The molecule has 0 radical (unpaired) electrons. The maximum absolute atomic E-state index is 11.0. The highest BCUT2D eigenvalue weighted by atomic mass is 16.4. The van der Waals surface area contributed by atoms with Crippen molar-refractivity contribution in [2.45, 2.75) is 13.3 Å². The van der Waals surface area contributed by atoms with Crippen molar-refractivity contribution in [1.29, 1.82) is 0 Å². The quantitative estimate of drug-likeness (QED) is 0.756. The topological polar surface area (TPSA) is 80.0 Å². The largest absolute Gasteiger partial charge is 0.476 e. The second-order valence-corrected chi connectivity index (χ2v) is 5.01. The molecule has 2 heterocycles. The Morgan fingerprint density at radius 1 is 1.26 bits per heavy atom. The van der Waals surface area contributed by atoms with Crippen LogP contribution >= 0.6 is 0 Å². The number of aromatic carboxylic acids is 1. The number of carboxylic acid groups (broad SMARTS) is 1. The molecule has 0 atom stereocenters. The van der Waals surface area contributed by atoms with Crippen LogP contribution in [0.25, 0.3) is 5.69 Å². The number of para-hydroxylation sites is 1. The molecule has 23 heavy (non-hydrogen) atoms. The predicted octanol–water partition coefficient (Wildman–Crippen LogP) is 3.27. The molecule has 0 spiro atoms. The molecule has 2 N–H and O–H groups in total. The SMILES string of the molecule is CCc1cnc(Nc2ccccc2)cc1-n1cnc(C(=O)O)c1. The van der Waals surface area contributed by atoms with Crippen molar-refractivity contribution in [3.63, 3.8) is 0 Å². The van der Waals surface area contributed by atoms with Crippen LogP contribution in [0.15, 0.2) is 55.1 Å². The van der Waals surface area contributed by atoms with Gasteiger partial charge in [0.2, 0.25) is 0 Å². The Balaban J connectivity index is 1.97. The molecule has 0 bridgehead atoms. The Bertz CT molecular complexity index is 828. The van der Waals surface area contributed by atoms with Gasteiger partial charge in [0.25, 0.3) is 0 Å². The lowest BCUT2D eigenvalue weighted by Gasteiger charge is -2.12. The molecule has 0 saturated carbocycles. The van der Waals surface area contributed by atoms with Gasteiger partial charge in [0.15, 0.2) is 5.69 Å². The molecule has 3 aromatic rings. The second-order valence-electron chi connectivity index (χ2n) is 5.01. The lowest BCUT2D eigenvalue weighted by molar-refractivity contribution is 0.0691. The molecule has 0 aliphatic rings. The van der Waals surface area contributed by atoms with E-state index in [1.54, 1.807) is 10.8 Å². The number of aryl methyl sites for hydroxylation is 1. The van der Waals surface area contributed by atoms with Gasteiger partial charge in [0.05, 0.1) is 5.69 Å². The minimum Gasteiger partial charge on any atom is -0.476 e. The zero-order valence-corrected chi connectivity index (χ0v) is 12.6. The van der Waals surface area contributed by atoms with E-state index < -0.39 is 5.97 Å². The highest BCUT2D eigenvalue weighted by Crippen LogP contribution is 2.21. The fourth-order valence-electron chi connectivity index (χ4n) is 2.29. The Kier molecular flexibility index (Phi) is 4.05. The summed E-state index contributed by atoms with van der Waals surface area (Å²) in [4.78, 5) is 19.3. The van der Waals surface area contributed by atoms with E-state index in [-0.39, 0.29) is 5.69 Å². The van der Waals surface area contributed by atoms with Gasteiger partial charge < -0.3 is 15.0 Å². The first-order chi connectivity index (χ1) is 11.2. The summed E-state index contributed by atoms with van der Waals surface area (Å²) in [5.41, 5.74) is 2.83. The van der Waals surface area contributed by atoms with Crippen LogP contribution in [-0.4, -0.2) is 25.6 Å². The highest BCUT2D eigenvalue weighted by Gasteiger charge is 2.11. The monoisotopic (exact) mass is 308 g/mol. The number of benzene rings is 1. The lowest BCUT2D eigenvalue weighted by atomic mass is 10.2. The number of rotatable bonds is 5. The van der Waals surface area contributed by atoms with Crippen molar-refractivity contribution in [3.8, 4) is 5.69 Å². The van der Waals surface area contributed by atoms with Crippen LogP contribution in [0, 0.1) is 0 Å². The average Bonchev–Trinajstić information content (AvgIpc) is 3.06. The predicted molar refractivity (Wildman–Crippen MR) is 87.4 cm³/mol. The van der Waals surface area contributed by atoms with E-state index in [4.69, 9.17) is 5.11 Å². The van der Waals surface area contributed by atoms with Crippen LogP contribution in [0.1, 0.15) is 23.0 Å². The number of imidazole rings is 1. The van der Waals surface area contributed by atoms with Crippen molar-refractivity contribution in [3.05, 3.63) is 66.4 Å². The fraction of sp³-hybridized carbons (Fsp3) is 0.118. The summed E-state index contributed by atoms with van der Waals surface area (Å²) >= 11 is 0. The molecular weight excluding hydrogens is 292 g/mol. The Hall–Kier alpha value is -3.15. The Morgan fingerprint density at radius 3 is 2.70 bits per heavy atom. The molecule has 116 valence electrons. The summed E-state index contributed by atoms with van der Waals surface area (Å²) in [7, 11) is 0. The number of anilines is 2. The van der Waals surface area contributed by atoms with Crippen LogP contribution in [0.5, 0.6) is 0 Å². The van der Waals surface area contributed by atoms with Gasteiger partial charge in [0.1, 0.15) is 12.1 Å². The molecule has 0 aliphatic heterocycles. The minimum atomic E-state index is -1.04. The number of pyridine rings is 1. The zero-order valence-electron chi connectivity index (χ0n) is 12.6. The summed E-state index contributed by atoms with van der Waals surface area (Å²) in [6.45, 7) is 2.03. The summed E-state index contributed by atoms with van der Waals surface area (Å²) < 4.78 is 1.71. The van der Waals surface area contributed by atoms with Gasteiger partial charge in [-0.3, -0.25) is 0 Å².